The van der Waals surface area contributed by atoms with E-state index in [4.69, 9.17) is 9.15 Å². The molecule has 1 aliphatic rings. The highest BCUT2D eigenvalue weighted by atomic mass is 32.2. The van der Waals surface area contributed by atoms with Crippen LogP contribution in [0.15, 0.2) is 64.6 Å². The molecule has 3 unspecified atom stereocenters. The van der Waals surface area contributed by atoms with E-state index in [9.17, 15) is 9.00 Å². The van der Waals surface area contributed by atoms with Crippen LogP contribution >= 0.6 is 0 Å². The van der Waals surface area contributed by atoms with Crippen LogP contribution in [0.1, 0.15) is 36.7 Å². The molecule has 7 nitrogen and oxygen atoms in total. The minimum Gasteiger partial charge on any atom is -0.457 e. The number of nitrogens with one attached hydrogen (secondary N) is 1. The maximum Gasteiger partial charge on any atom is 0.255 e. The highest BCUT2D eigenvalue weighted by Gasteiger charge is 2.38. The molecule has 2 aromatic carbocycles. The molecular weight excluding hydrogens is 486 g/mol. The zero-order valence-electron chi connectivity index (χ0n) is 22.4. The van der Waals surface area contributed by atoms with Gasteiger partial charge in [-0.3, -0.25) is 13.9 Å². The van der Waals surface area contributed by atoms with Crippen LogP contribution in [0.2, 0.25) is 0 Å². The second-order valence-electron chi connectivity index (χ2n) is 9.59. The Morgan fingerprint density at radius 3 is 2.27 bits per heavy atom. The van der Waals surface area contributed by atoms with E-state index in [-0.39, 0.29) is 23.4 Å². The number of hydrogen-bond acceptors (Lipinski definition) is 6. The third-order valence-corrected chi connectivity index (χ3v) is 8.17. The lowest BCUT2D eigenvalue weighted by atomic mass is 9.91. The van der Waals surface area contributed by atoms with Crippen LogP contribution in [-0.4, -0.2) is 54.0 Å². The lowest BCUT2D eigenvalue weighted by molar-refractivity contribution is 0.0963. The van der Waals surface area contributed by atoms with Gasteiger partial charge in [-0.05, 0) is 67.9 Å². The highest BCUT2D eigenvalue weighted by Crippen LogP contribution is 2.44. The summed E-state index contributed by atoms with van der Waals surface area (Å²) >= 11 is 0. The molecule has 0 saturated carbocycles. The van der Waals surface area contributed by atoms with Crippen molar-refractivity contribution in [2.24, 2.45) is 5.92 Å². The van der Waals surface area contributed by atoms with Crippen LogP contribution < -0.4 is 15.0 Å². The average molecular weight is 522 g/mol. The second kappa shape index (κ2) is 10.9. The summed E-state index contributed by atoms with van der Waals surface area (Å²) in [7, 11) is 4.52. The number of para-hydroxylation sites is 1. The summed E-state index contributed by atoms with van der Waals surface area (Å²) in [4.78, 5) is 17.3. The first-order valence-corrected chi connectivity index (χ1v) is 14.0. The van der Waals surface area contributed by atoms with Crippen molar-refractivity contribution >= 4 is 28.7 Å². The Balaban J connectivity index is 1.79. The lowest BCUT2D eigenvalue weighted by Gasteiger charge is -2.43. The van der Waals surface area contributed by atoms with E-state index in [0.717, 1.165) is 22.4 Å². The van der Waals surface area contributed by atoms with E-state index in [1.807, 2.05) is 80.5 Å². The summed E-state index contributed by atoms with van der Waals surface area (Å²) in [5, 5.41) is 2.61. The van der Waals surface area contributed by atoms with E-state index in [1.54, 1.807) is 13.3 Å². The standard InChI is InChI=1S/C29H35N3O4S/c1-18(2)23-17-24-25(27(33)30-4)26(36-29(24)32(6)28(23)31(5)19(3)37(7)34)20-13-15-22(16-14-20)35-21-11-9-8-10-12-21/h8-19,28H,1-7H3,(H,30,33). The number of benzene rings is 2. The number of rotatable bonds is 8. The molecule has 8 heteroatoms. The summed E-state index contributed by atoms with van der Waals surface area (Å²) in [6.07, 6.45) is 3.62. The van der Waals surface area contributed by atoms with Gasteiger partial charge in [0.25, 0.3) is 5.91 Å². The van der Waals surface area contributed by atoms with Crippen molar-refractivity contribution in [2.75, 3.05) is 32.3 Å². The topological polar surface area (TPSA) is 75.0 Å². The van der Waals surface area contributed by atoms with Crippen molar-refractivity contribution in [3.63, 3.8) is 0 Å². The van der Waals surface area contributed by atoms with Gasteiger partial charge in [0.2, 0.25) is 5.88 Å². The summed E-state index contributed by atoms with van der Waals surface area (Å²) < 4.78 is 24.7. The molecule has 1 amide bonds. The molecule has 4 rings (SSSR count). The first-order valence-electron chi connectivity index (χ1n) is 12.3. The van der Waals surface area contributed by atoms with Gasteiger partial charge in [0, 0.05) is 36.7 Å². The molecule has 0 spiro atoms. The van der Waals surface area contributed by atoms with Crippen molar-refractivity contribution in [1.82, 2.24) is 10.2 Å². The van der Waals surface area contributed by atoms with Crippen molar-refractivity contribution < 1.29 is 18.2 Å². The van der Waals surface area contributed by atoms with Crippen LogP contribution in [0.4, 0.5) is 5.88 Å². The predicted molar refractivity (Wildman–Crippen MR) is 150 cm³/mol. The number of anilines is 1. The minimum atomic E-state index is -1.03. The zero-order valence-corrected chi connectivity index (χ0v) is 23.3. The number of ether oxygens (including phenoxy) is 1. The number of amides is 1. The fourth-order valence-corrected chi connectivity index (χ4v) is 5.25. The van der Waals surface area contributed by atoms with Gasteiger partial charge in [0.1, 0.15) is 23.4 Å². The van der Waals surface area contributed by atoms with E-state index >= 15 is 0 Å². The monoisotopic (exact) mass is 521 g/mol. The van der Waals surface area contributed by atoms with Gasteiger partial charge >= 0.3 is 0 Å². The average Bonchev–Trinajstić information content (AvgIpc) is 3.28. The molecule has 3 aromatic rings. The number of fused-ring (bicyclic) bond motifs is 1. The predicted octanol–water partition coefficient (Wildman–Crippen LogP) is 5.57. The fraction of sp³-hybridized carbons (Fsp3) is 0.345. The highest BCUT2D eigenvalue weighted by molar-refractivity contribution is 7.84. The third kappa shape index (κ3) is 5.22. The maximum absolute atomic E-state index is 13.2. The Morgan fingerprint density at radius 2 is 1.70 bits per heavy atom. The van der Waals surface area contributed by atoms with E-state index in [1.165, 1.54) is 0 Å². The molecule has 0 radical (unpaired) electrons. The summed E-state index contributed by atoms with van der Waals surface area (Å²) in [6.45, 7) is 6.22. The number of nitrogens with zero attached hydrogens (tertiary/aromatic N) is 2. The molecule has 0 fully saturated rings. The molecule has 3 atom stereocenters. The van der Waals surface area contributed by atoms with Crippen LogP contribution in [0, 0.1) is 5.92 Å². The quantitative estimate of drug-likeness (QED) is 0.418. The summed E-state index contributed by atoms with van der Waals surface area (Å²) in [6, 6.07) is 17.1. The number of carbonyl (C=O) groups excluding carboxylic acids is 1. The van der Waals surface area contributed by atoms with Crippen molar-refractivity contribution in [1.29, 1.82) is 0 Å². The molecule has 0 bridgehead atoms. The summed E-state index contributed by atoms with van der Waals surface area (Å²) in [5.74, 6) is 2.53. The molecule has 1 N–H and O–H groups in total. The van der Waals surface area contributed by atoms with Gasteiger partial charge in [0.15, 0.2) is 0 Å². The number of furan rings is 1. The third-order valence-electron chi connectivity index (χ3n) is 6.88. The van der Waals surface area contributed by atoms with Crippen molar-refractivity contribution in [2.45, 2.75) is 32.3 Å². The summed E-state index contributed by atoms with van der Waals surface area (Å²) in [5.41, 5.74) is 3.14. The number of carbonyl (C=O) groups is 1. The Morgan fingerprint density at radius 1 is 1.08 bits per heavy atom. The Labute approximate surface area is 221 Å². The SMILES string of the molecule is CNC(=O)c1c(-c2ccc(Oc3ccccc3)cc2)oc2c1C=C(C(C)C)C(N(C)C(C)S(C)=O)N2C. The molecular formula is C29H35N3O4S. The van der Waals surface area contributed by atoms with E-state index < -0.39 is 10.8 Å². The maximum atomic E-state index is 13.2. The lowest BCUT2D eigenvalue weighted by Crippen LogP contribution is -2.52. The second-order valence-corrected chi connectivity index (χ2v) is 11.3. The normalized spacial score (nSPS) is 16.8. The minimum absolute atomic E-state index is 0.162. The smallest absolute Gasteiger partial charge is 0.255 e. The van der Waals surface area contributed by atoms with Gasteiger partial charge in [-0.25, -0.2) is 0 Å². The van der Waals surface area contributed by atoms with Gasteiger partial charge in [-0.15, -0.1) is 0 Å². The first kappa shape index (κ1) is 26.7. The van der Waals surface area contributed by atoms with Gasteiger partial charge in [0.05, 0.1) is 16.5 Å². The van der Waals surface area contributed by atoms with E-state index in [2.05, 4.69) is 30.1 Å². The molecule has 0 saturated heterocycles. The number of likely N-dealkylation sites (N-methyl/N-ethyl adjacent to an activating group) is 2. The Kier molecular flexibility index (Phi) is 7.90. The Bertz CT molecular complexity index is 1310. The number of hydrogen-bond donors (Lipinski definition) is 1. The van der Waals surface area contributed by atoms with Crippen molar-refractivity contribution in [3.8, 4) is 22.8 Å². The van der Waals surface area contributed by atoms with Gasteiger partial charge in [-0.2, -0.15) is 0 Å². The van der Waals surface area contributed by atoms with Gasteiger partial charge in [-0.1, -0.05) is 32.0 Å². The molecule has 1 aromatic heterocycles. The van der Waals surface area contributed by atoms with Crippen molar-refractivity contribution in [3.05, 3.63) is 71.3 Å². The van der Waals surface area contributed by atoms with Crippen LogP contribution in [0.5, 0.6) is 11.5 Å². The van der Waals surface area contributed by atoms with Crippen LogP contribution in [0.25, 0.3) is 17.4 Å². The molecule has 0 aliphatic carbocycles. The first-order chi connectivity index (χ1) is 17.6. The van der Waals surface area contributed by atoms with Crippen LogP contribution in [-0.2, 0) is 10.8 Å². The largest absolute Gasteiger partial charge is 0.457 e. The van der Waals surface area contributed by atoms with E-state index in [0.29, 0.717) is 23.0 Å². The molecule has 2 heterocycles. The zero-order chi connectivity index (χ0) is 26.9. The molecule has 1 aliphatic heterocycles. The molecule has 196 valence electrons. The molecule has 37 heavy (non-hydrogen) atoms. The van der Waals surface area contributed by atoms with Gasteiger partial charge < -0.3 is 19.4 Å². The van der Waals surface area contributed by atoms with Crippen LogP contribution in [0.3, 0.4) is 0 Å². The Hall–Kier alpha value is -3.36. The fourth-order valence-electron chi connectivity index (χ4n) is 4.66.